The molecule has 1 N–H and O–H groups in total. The third-order valence-corrected chi connectivity index (χ3v) is 4.93. The van der Waals surface area contributed by atoms with Crippen molar-refractivity contribution in [2.75, 3.05) is 13.1 Å². The molecule has 3 rings (SSSR count). The Morgan fingerprint density at radius 2 is 2.12 bits per heavy atom. The molecule has 0 bridgehead atoms. The number of hydrogen-bond acceptors (Lipinski definition) is 4. The van der Waals surface area contributed by atoms with Crippen LogP contribution >= 0.6 is 0 Å². The lowest BCUT2D eigenvalue weighted by Gasteiger charge is -2.24. The van der Waals surface area contributed by atoms with Gasteiger partial charge < -0.3 is 9.84 Å². The number of carbonyl (C=O) groups excluding carboxylic acids is 1. The molecule has 1 saturated heterocycles. The number of aromatic nitrogens is 1. The van der Waals surface area contributed by atoms with Gasteiger partial charge in [-0.15, -0.1) is 0 Å². The molecule has 1 aliphatic heterocycles. The highest BCUT2D eigenvalue weighted by Crippen LogP contribution is 2.24. The molecule has 5 heteroatoms. The van der Waals surface area contributed by atoms with E-state index in [-0.39, 0.29) is 11.9 Å². The average molecular weight is 327 g/mol. The molecule has 1 aromatic carbocycles. The van der Waals surface area contributed by atoms with Gasteiger partial charge in [-0.25, -0.2) is 0 Å². The van der Waals surface area contributed by atoms with Gasteiger partial charge in [-0.3, -0.25) is 9.69 Å². The Balaban J connectivity index is 1.53. The zero-order valence-electron chi connectivity index (χ0n) is 14.6. The van der Waals surface area contributed by atoms with Crippen LogP contribution in [0, 0.1) is 13.8 Å². The molecular weight excluding hydrogens is 302 g/mol. The van der Waals surface area contributed by atoms with Gasteiger partial charge in [0.05, 0.1) is 12.1 Å². The second-order valence-electron chi connectivity index (χ2n) is 6.61. The number of benzene rings is 1. The molecule has 0 spiro atoms. The van der Waals surface area contributed by atoms with Gasteiger partial charge in [0.15, 0.2) is 0 Å². The summed E-state index contributed by atoms with van der Waals surface area (Å²) < 4.78 is 5.13. The van der Waals surface area contributed by atoms with Crippen molar-refractivity contribution < 1.29 is 9.32 Å². The molecule has 128 valence electrons. The molecule has 1 amide bonds. The van der Waals surface area contributed by atoms with Gasteiger partial charge in [-0.1, -0.05) is 35.5 Å². The zero-order chi connectivity index (χ0) is 17.1. The van der Waals surface area contributed by atoms with Crippen LogP contribution < -0.4 is 5.32 Å². The van der Waals surface area contributed by atoms with Gasteiger partial charge in [0.25, 0.3) is 0 Å². The van der Waals surface area contributed by atoms with Crippen LogP contribution in [-0.4, -0.2) is 35.1 Å². The summed E-state index contributed by atoms with van der Waals surface area (Å²) >= 11 is 0. The van der Waals surface area contributed by atoms with Gasteiger partial charge in [-0.2, -0.15) is 0 Å². The van der Waals surface area contributed by atoms with Crippen LogP contribution in [0.15, 0.2) is 34.9 Å². The zero-order valence-corrected chi connectivity index (χ0v) is 14.6. The predicted octanol–water partition coefficient (Wildman–Crippen LogP) is 2.79. The standard InChI is InChI=1S/C19H25N3O2/c1-13-18(15(3)24-21-13)11-19(23)20-17-9-10-22(12-17)14(2)16-7-5-4-6-8-16/h4-8,14,17H,9-12H2,1-3H3,(H,20,23)/t14-,17-/m0/s1. The van der Waals surface area contributed by atoms with E-state index in [1.165, 1.54) is 5.56 Å². The molecule has 0 aliphatic carbocycles. The molecule has 2 heterocycles. The Labute approximate surface area is 143 Å². The van der Waals surface area contributed by atoms with E-state index in [1.807, 2.05) is 19.9 Å². The van der Waals surface area contributed by atoms with Gasteiger partial charge in [0.1, 0.15) is 5.76 Å². The first kappa shape index (κ1) is 16.7. The van der Waals surface area contributed by atoms with Crippen molar-refractivity contribution in [1.29, 1.82) is 0 Å². The number of amides is 1. The van der Waals surface area contributed by atoms with Crippen molar-refractivity contribution in [3.63, 3.8) is 0 Å². The minimum absolute atomic E-state index is 0.0450. The normalized spacial score (nSPS) is 19.4. The summed E-state index contributed by atoms with van der Waals surface area (Å²) in [6, 6.07) is 11.1. The number of aryl methyl sites for hydroxylation is 2. The third-order valence-electron chi connectivity index (χ3n) is 4.93. The SMILES string of the molecule is Cc1noc(C)c1CC(=O)N[C@H]1CCN([C@@H](C)c2ccccc2)C1. The number of likely N-dealkylation sites (tertiary alicyclic amines) is 1. The first-order valence-electron chi connectivity index (χ1n) is 8.54. The first-order chi connectivity index (χ1) is 11.5. The fourth-order valence-corrected chi connectivity index (χ4v) is 3.39. The van der Waals surface area contributed by atoms with Crippen molar-refractivity contribution in [3.05, 3.63) is 52.9 Å². The maximum Gasteiger partial charge on any atom is 0.224 e. The lowest BCUT2D eigenvalue weighted by molar-refractivity contribution is -0.121. The molecule has 5 nitrogen and oxygen atoms in total. The molecule has 1 fully saturated rings. The Morgan fingerprint density at radius 1 is 1.38 bits per heavy atom. The van der Waals surface area contributed by atoms with Crippen molar-refractivity contribution >= 4 is 5.91 Å². The lowest BCUT2D eigenvalue weighted by Crippen LogP contribution is -2.38. The fourth-order valence-electron chi connectivity index (χ4n) is 3.39. The summed E-state index contributed by atoms with van der Waals surface area (Å²) in [6.45, 7) is 7.85. The monoisotopic (exact) mass is 327 g/mol. The van der Waals surface area contributed by atoms with Crippen LogP contribution in [-0.2, 0) is 11.2 Å². The van der Waals surface area contributed by atoms with Crippen molar-refractivity contribution in [2.24, 2.45) is 0 Å². The molecule has 2 aromatic rings. The predicted molar refractivity (Wildman–Crippen MR) is 92.7 cm³/mol. The van der Waals surface area contributed by atoms with E-state index in [2.05, 4.69) is 46.6 Å². The molecule has 1 aliphatic rings. The Morgan fingerprint density at radius 3 is 2.79 bits per heavy atom. The first-order valence-corrected chi connectivity index (χ1v) is 8.54. The van der Waals surface area contributed by atoms with Crippen LogP contribution in [0.4, 0.5) is 0 Å². The van der Waals surface area contributed by atoms with Crippen molar-refractivity contribution in [3.8, 4) is 0 Å². The number of nitrogens with zero attached hydrogens (tertiary/aromatic N) is 2. The highest BCUT2D eigenvalue weighted by atomic mass is 16.5. The fraction of sp³-hybridized carbons (Fsp3) is 0.474. The average Bonchev–Trinajstić information content (AvgIpc) is 3.17. The maximum absolute atomic E-state index is 12.3. The van der Waals surface area contributed by atoms with Crippen molar-refractivity contribution in [2.45, 2.75) is 45.7 Å². The summed E-state index contributed by atoms with van der Waals surface area (Å²) in [5, 5.41) is 7.06. The van der Waals surface area contributed by atoms with Gasteiger partial charge in [0.2, 0.25) is 5.91 Å². The molecule has 24 heavy (non-hydrogen) atoms. The lowest BCUT2D eigenvalue weighted by atomic mass is 10.1. The molecule has 0 radical (unpaired) electrons. The van der Waals surface area contributed by atoms with Crippen LogP contribution in [0.2, 0.25) is 0 Å². The maximum atomic E-state index is 12.3. The third kappa shape index (κ3) is 3.67. The van der Waals surface area contributed by atoms with Gasteiger partial charge in [-0.05, 0) is 32.8 Å². The van der Waals surface area contributed by atoms with Crippen LogP contribution in [0.1, 0.15) is 42.0 Å². The molecular formula is C19H25N3O2. The van der Waals surface area contributed by atoms with Crippen LogP contribution in [0.3, 0.4) is 0 Å². The highest BCUT2D eigenvalue weighted by Gasteiger charge is 2.28. The largest absolute Gasteiger partial charge is 0.361 e. The minimum Gasteiger partial charge on any atom is -0.361 e. The summed E-state index contributed by atoms with van der Waals surface area (Å²) in [4.78, 5) is 14.7. The van der Waals surface area contributed by atoms with E-state index < -0.39 is 0 Å². The number of hydrogen-bond donors (Lipinski definition) is 1. The second-order valence-corrected chi connectivity index (χ2v) is 6.61. The number of carbonyl (C=O) groups is 1. The van der Waals surface area contributed by atoms with Crippen LogP contribution in [0.5, 0.6) is 0 Å². The van der Waals surface area contributed by atoms with E-state index in [0.717, 1.165) is 36.5 Å². The molecule has 0 saturated carbocycles. The smallest absolute Gasteiger partial charge is 0.224 e. The Kier molecular flexibility index (Phi) is 5.00. The number of rotatable bonds is 5. The topological polar surface area (TPSA) is 58.4 Å². The van der Waals surface area contributed by atoms with E-state index in [4.69, 9.17) is 4.52 Å². The summed E-state index contributed by atoms with van der Waals surface area (Å²) in [7, 11) is 0. The summed E-state index contributed by atoms with van der Waals surface area (Å²) in [5.41, 5.74) is 3.02. The molecule has 0 unspecified atom stereocenters. The Hall–Kier alpha value is -2.14. The summed E-state index contributed by atoms with van der Waals surface area (Å²) in [5.74, 6) is 0.775. The molecule has 1 aromatic heterocycles. The van der Waals surface area contributed by atoms with E-state index in [0.29, 0.717) is 12.5 Å². The highest BCUT2D eigenvalue weighted by molar-refractivity contribution is 5.79. The van der Waals surface area contributed by atoms with E-state index in [9.17, 15) is 4.79 Å². The van der Waals surface area contributed by atoms with Crippen LogP contribution in [0.25, 0.3) is 0 Å². The van der Waals surface area contributed by atoms with Gasteiger partial charge >= 0.3 is 0 Å². The molecule has 2 atom stereocenters. The Bertz CT molecular complexity index is 676. The number of nitrogens with one attached hydrogen (secondary N) is 1. The van der Waals surface area contributed by atoms with Gasteiger partial charge in [0, 0.05) is 30.7 Å². The second kappa shape index (κ2) is 7.18. The van der Waals surface area contributed by atoms with E-state index >= 15 is 0 Å². The van der Waals surface area contributed by atoms with E-state index in [1.54, 1.807) is 0 Å². The quantitative estimate of drug-likeness (QED) is 0.917. The summed E-state index contributed by atoms with van der Waals surface area (Å²) in [6.07, 6.45) is 1.33. The minimum atomic E-state index is 0.0450. The van der Waals surface area contributed by atoms with Crippen molar-refractivity contribution in [1.82, 2.24) is 15.4 Å².